The van der Waals surface area contributed by atoms with E-state index in [0.717, 1.165) is 11.0 Å². The Bertz CT molecular complexity index is 868. The van der Waals surface area contributed by atoms with Gasteiger partial charge in [0.1, 0.15) is 12.8 Å². The molecule has 1 N–H and O–H groups in total. The zero-order valence-corrected chi connectivity index (χ0v) is 13.1. The molecule has 0 bridgehead atoms. The van der Waals surface area contributed by atoms with Crippen molar-refractivity contribution in [2.75, 3.05) is 13.7 Å². The van der Waals surface area contributed by atoms with Crippen molar-refractivity contribution >= 4 is 22.9 Å². The molecule has 124 valence electrons. The van der Waals surface area contributed by atoms with Crippen LogP contribution in [0.25, 0.3) is 11.0 Å². The predicted octanol–water partition coefficient (Wildman–Crippen LogP) is 1.37. The highest BCUT2D eigenvalue weighted by Crippen LogP contribution is 2.14. The minimum atomic E-state index is -0.399. The minimum Gasteiger partial charge on any atom is -0.469 e. The van der Waals surface area contributed by atoms with Crippen LogP contribution in [0.4, 0.5) is 0 Å². The first-order chi connectivity index (χ1) is 11.7. The van der Waals surface area contributed by atoms with Crippen LogP contribution in [0.3, 0.4) is 0 Å². The first-order valence-electron chi connectivity index (χ1n) is 7.36. The minimum absolute atomic E-state index is 0.105. The average Bonchev–Trinajstić information content (AvgIpc) is 3.23. The number of amides is 1. The Labute approximate surface area is 137 Å². The maximum atomic E-state index is 11.9. The van der Waals surface area contributed by atoms with Crippen LogP contribution < -0.4 is 5.32 Å². The Balaban J connectivity index is 1.63. The van der Waals surface area contributed by atoms with Crippen LogP contribution in [0.1, 0.15) is 22.8 Å². The van der Waals surface area contributed by atoms with Crippen molar-refractivity contribution in [3.05, 3.63) is 48.4 Å². The molecule has 0 radical (unpaired) electrons. The van der Waals surface area contributed by atoms with Gasteiger partial charge in [0.05, 0.1) is 30.9 Å². The molecule has 0 unspecified atom stereocenters. The highest BCUT2D eigenvalue weighted by molar-refractivity contribution is 5.92. The number of hydrogen-bond donors (Lipinski definition) is 1. The van der Waals surface area contributed by atoms with E-state index in [9.17, 15) is 9.59 Å². The molecule has 0 aliphatic carbocycles. The molecule has 0 saturated carbocycles. The van der Waals surface area contributed by atoms with E-state index in [1.807, 2.05) is 28.8 Å². The van der Waals surface area contributed by atoms with Crippen molar-refractivity contribution in [2.45, 2.75) is 13.0 Å². The van der Waals surface area contributed by atoms with E-state index in [-0.39, 0.29) is 24.6 Å². The lowest BCUT2D eigenvalue weighted by atomic mass is 10.3. The number of carbonyl (C=O) groups is 2. The lowest BCUT2D eigenvalue weighted by Crippen LogP contribution is -2.26. The summed E-state index contributed by atoms with van der Waals surface area (Å²) < 4.78 is 11.7. The van der Waals surface area contributed by atoms with Crippen molar-refractivity contribution < 1.29 is 18.7 Å². The molecule has 0 spiro atoms. The molecule has 2 heterocycles. The van der Waals surface area contributed by atoms with Gasteiger partial charge in [0.2, 0.25) is 5.89 Å². The summed E-state index contributed by atoms with van der Waals surface area (Å²) in [7, 11) is 1.30. The number of nitrogens with one attached hydrogen (secondary N) is 1. The topological polar surface area (TPSA) is 99.2 Å². The third-order valence-corrected chi connectivity index (χ3v) is 3.46. The largest absolute Gasteiger partial charge is 0.469 e. The van der Waals surface area contributed by atoms with E-state index in [1.54, 1.807) is 6.33 Å². The molecule has 8 heteroatoms. The van der Waals surface area contributed by atoms with Crippen LogP contribution in [0.2, 0.25) is 0 Å². The predicted molar refractivity (Wildman–Crippen MR) is 84.3 cm³/mol. The van der Waals surface area contributed by atoms with Crippen molar-refractivity contribution in [3.8, 4) is 0 Å². The Morgan fingerprint density at radius 1 is 1.33 bits per heavy atom. The molecule has 0 atom stereocenters. The highest BCUT2D eigenvalue weighted by atomic mass is 16.5. The van der Waals surface area contributed by atoms with Gasteiger partial charge in [-0.15, -0.1) is 0 Å². The number of aromatic nitrogens is 3. The van der Waals surface area contributed by atoms with Crippen LogP contribution in [0.15, 0.2) is 41.3 Å². The van der Waals surface area contributed by atoms with Gasteiger partial charge in [-0.05, 0) is 12.1 Å². The zero-order chi connectivity index (χ0) is 16.9. The van der Waals surface area contributed by atoms with E-state index in [2.05, 4.69) is 20.0 Å². The molecular formula is C16H16N4O4. The summed E-state index contributed by atoms with van der Waals surface area (Å²) in [4.78, 5) is 31.4. The number of fused-ring (bicyclic) bond motifs is 1. The van der Waals surface area contributed by atoms with Crippen LogP contribution >= 0.6 is 0 Å². The van der Waals surface area contributed by atoms with Gasteiger partial charge in [0.25, 0.3) is 5.91 Å². The lowest BCUT2D eigenvalue weighted by Gasteiger charge is -2.01. The SMILES string of the molecule is COC(=O)CCNC(=O)c1coc(Cn2cnc3ccccc32)n1. The second kappa shape index (κ2) is 6.95. The monoisotopic (exact) mass is 328 g/mol. The third kappa shape index (κ3) is 3.43. The molecule has 1 amide bonds. The number of rotatable bonds is 6. The van der Waals surface area contributed by atoms with E-state index in [1.165, 1.54) is 13.4 Å². The fourth-order valence-electron chi connectivity index (χ4n) is 2.24. The van der Waals surface area contributed by atoms with Gasteiger partial charge in [-0.2, -0.15) is 0 Å². The Hall–Kier alpha value is -3.16. The summed E-state index contributed by atoms with van der Waals surface area (Å²) in [6, 6.07) is 7.71. The van der Waals surface area contributed by atoms with Crippen LogP contribution in [0.5, 0.6) is 0 Å². The van der Waals surface area contributed by atoms with E-state index in [4.69, 9.17) is 4.42 Å². The number of esters is 1. The number of para-hydroxylation sites is 2. The number of oxazole rings is 1. The number of ether oxygens (including phenoxy) is 1. The van der Waals surface area contributed by atoms with Gasteiger partial charge in [-0.3, -0.25) is 9.59 Å². The summed E-state index contributed by atoms with van der Waals surface area (Å²) in [5.74, 6) is -0.385. The Morgan fingerprint density at radius 3 is 3.00 bits per heavy atom. The fraction of sp³-hybridized carbons (Fsp3) is 0.250. The fourth-order valence-corrected chi connectivity index (χ4v) is 2.24. The Morgan fingerprint density at radius 2 is 2.17 bits per heavy atom. The number of hydrogen-bond acceptors (Lipinski definition) is 6. The van der Waals surface area contributed by atoms with Gasteiger partial charge in [0.15, 0.2) is 5.69 Å². The smallest absolute Gasteiger partial charge is 0.307 e. The molecule has 0 saturated heterocycles. The molecule has 1 aromatic carbocycles. The maximum absolute atomic E-state index is 11.9. The molecule has 3 rings (SSSR count). The normalized spacial score (nSPS) is 10.7. The molecule has 3 aromatic rings. The van der Waals surface area contributed by atoms with Gasteiger partial charge in [-0.1, -0.05) is 12.1 Å². The number of carbonyl (C=O) groups excluding carboxylic acids is 2. The summed E-state index contributed by atoms with van der Waals surface area (Å²) in [5, 5.41) is 2.58. The van der Waals surface area contributed by atoms with Crippen molar-refractivity contribution in [1.82, 2.24) is 19.9 Å². The highest BCUT2D eigenvalue weighted by Gasteiger charge is 2.13. The lowest BCUT2D eigenvalue weighted by molar-refractivity contribution is -0.140. The Kier molecular flexibility index (Phi) is 4.55. The molecule has 24 heavy (non-hydrogen) atoms. The van der Waals surface area contributed by atoms with Crippen LogP contribution in [-0.2, 0) is 16.1 Å². The quantitative estimate of drug-likeness (QED) is 0.686. The second-order valence-corrected chi connectivity index (χ2v) is 5.07. The van der Waals surface area contributed by atoms with Crippen molar-refractivity contribution in [3.63, 3.8) is 0 Å². The first-order valence-corrected chi connectivity index (χ1v) is 7.36. The van der Waals surface area contributed by atoms with Gasteiger partial charge < -0.3 is 19.0 Å². The van der Waals surface area contributed by atoms with E-state index >= 15 is 0 Å². The molecule has 0 aliphatic rings. The van der Waals surface area contributed by atoms with Crippen LogP contribution in [0, 0.1) is 0 Å². The maximum Gasteiger partial charge on any atom is 0.307 e. The van der Waals surface area contributed by atoms with Crippen molar-refractivity contribution in [1.29, 1.82) is 0 Å². The van der Waals surface area contributed by atoms with E-state index < -0.39 is 5.91 Å². The first kappa shape index (κ1) is 15.7. The molecule has 8 nitrogen and oxygen atoms in total. The number of nitrogens with zero attached hydrogens (tertiary/aromatic N) is 3. The second-order valence-electron chi connectivity index (χ2n) is 5.07. The van der Waals surface area contributed by atoms with E-state index in [0.29, 0.717) is 12.4 Å². The summed E-state index contributed by atoms with van der Waals surface area (Å²) in [5.41, 5.74) is 2.00. The summed E-state index contributed by atoms with van der Waals surface area (Å²) in [6.07, 6.45) is 3.10. The molecule has 2 aromatic heterocycles. The van der Waals surface area contributed by atoms with Gasteiger partial charge in [-0.25, -0.2) is 9.97 Å². The zero-order valence-electron chi connectivity index (χ0n) is 13.1. The van der Waals surface area contributed by atoms with Gasteiger partial charge >= 0.3 is 5.97 Å². The third-order valence-electron chi connectivity index (χ3n) is 3.46. The number of methoxy groups -OCH3 is 1. The standard InChI is InChI=1S/C16H16N4O4/c1-23-15(21)6-7-17-16(22)12-9-24-14(19-12)8-20-10-18-11-4-2-3-5-13(11)20/h2-5,9-10H,6-8H2,1H3,(H,17,22). The van der Waals surface area contributed by atoms with Crippen LogP contribution in [-0.4, -0.2) is 40.1 Å². The van der Waals surface area contributed by atoms with Gasteiger partial charge in [0, 0.05) is 6.54 Å². The number of benzene rings is 1. The molecule has 0 fully saturated rings. The number of imidazole rings is 1. The molecule has 0 aliphatic heterocycles. The summed E-state index contributed by atoms with van der Waals surface area (Å²) >= 11 is 0. The molecular weight excluding hydrogens is 312 g/mol. The summed E-state index contributed by atoms with van der Waals surface area (Å²) in [6.45, 7) is 0.551. The average molecular weight is 328 g/mol. The van der Waals surface area contributed by atoms with Crippen molar-refractivity contribution in [2.24, 2.45) is 0 Å².